The van der Waals surface area contributed by atoms with E-state index in [1.807, 2.05) is 30.3 Å². The van der Waals surface area contributed by atoms with Gasteiger partial charge >= 0.3 is 0 Å². The maximum absolute atomic E-state index is 12.9. The maximum atomic E-state index is 12.9. The van der Waals surface area contributed by atoms with Crippen molar-refractivity contribution in [3.05, 3.63) is 58.4 Å². The average Bonchev–Trinajstić information content (AvgIpc) is 3.23. The Kier molecular flexibility index (Phi) is 4.86. The minimum absolute atomic E-state index is 0.165. The summed E-state index contributed by atoms with van der Waals surface area (Å²) >= 11 is 0. The molecule has 3 heterocycles. The van der Waals surface area contributed by atoms with Gasteiger partial charge in [-0.25, -0.2) is 0 Å². The number of benzene rings is 1. The molecular weight excluding hydrogens is 332 g/mol. The van der Waals surface area contributed by atoms with Crippen molar-refractivity contribution in [2.45, 2.75) is 19.1 Å². The lowest BCUT2D eigenvalue weighted by Gasteiger charge is -2.34. The zero-order chi connectivity index (χ0) is 17.9. The molecular formula is C20H22N2O4. The molecule has 0 aliphatic carbocycles. The SMILES string of the molecule is O=C(c1ccc(-c2ccccc2)[nH]c1=O)N1CCCC(C2OCCO2)C1. The van der Waals surface area contributed by atoms with Crippen LogP contribution in [0.3, 0.4) is 0 Å². The fourth-order valence-electron chi connectivity index (χ4n) is 3.66. The van der Waals surface area contributed by atoms with Crippen LogP contribution in [0, 0.1) is 5.92 Å². The van der Waals surface area contributed by atoms with Crippen molar-refractivity contribution in [1.29, 1.82) is 0 Å². The fraction of sp³-hybridized carbons (Fsp3) is 0.400. The van der Waals surface area contributed by atoms with E-state index in [9.17, 15) is 9.59 Å². The van der Waals surface area contributed by atoms with Gasteiger partial charge in [0.05, 0.1) is 13.2 Å². The molecule has 0 saturated carbocycles. The molecule has 2 saturated heterocycles. The summed E-state index contributed by atoms with van der Waals surface area (Å²) in [6.07, 6.45) is 1.63. The van der Waals surface area contributed by atoms with E-state index in [-0.39, 0.29) is 29.2 Å². The topological polar surface area (TPSA) is 71.6 Å². The second kappa shape index (κ2) is 7.43. The van der Waals surface area contributed by atoms with E-state index in [0.29, 0.717) is 32.0 Å². The van der Waals surface area contributed by atoms with E-state index in [2.05, 4.69) is 4.98 Å². The molecule has 26 heavy (non-hydrogen) atoms. The number of aromatic amines is 1. The fourth-order valence-corrected chi connectivity index (χ4v) is 3.66. The second-order valence-corrected chi connectivity index (χ2v) is 6.74. The first-order valence-electron chi connectivity index (χ1n) is 9.03. The molecule has 0 bridgehead atoms. The lowest BCUT2D eigenvalue weighted by atomic mass is 9.97. The molecule has 1 N–H and O–H groups in total. The van der Waals surface area contributed by atoms with Crippen LogP contribution in [0.25, 0.3) is 11.3 Å². The van der Waals surface area contributed by atoms with Gasteiger partial charge in [-0.3, -0.25) is 9.59 Å². The minimum atomic E-state index is -0.355. The summed E-state index contributed by atoms with van der Waals surface area (Å²) in [5.41, 5.74) is 1.44. The molecule has 1 amide bonds. The Morgan fingerprint density at radius 2 is 1.85 bits per heavy atom. The average molecular weight is 354 g/mol. The molecule has 0 spiro atoms. The molecule has 2 aliphatic rings. The number of carbonyl (C=O) groups excluding carboxylic acids is 1. The summed E-state index contributed by atoms with van der Waals surface area (Å²) < 4.78 is 11.2. The first-order valence-corrected chi connectivity index (χ1v) is 9.03. The van der Waals surface area contributed by atoms with Crippen molar-refractivity contribution < 1.29 is 14.3 Å². The predicted molar refractivity (Wildman–Crippen MR) is 96.8 cm³/mol. The third kappa shape index (κ3) is 3.43. The van der Waals surface area contributed by atoms with Gasteiger partial charge in [0.2, 0.25) is 0 Å². The summed E-state index contributed by atoms with van der Waals surface area (Å²) in [7, 11) is 0. The highest BCUT2D eigenvalue weighted by atomic mass is 16.7. The van der Waals surface area contributed by atoms with Gasteiger partial charge in [-0.15, -0.1) is 0 Å². The number of rotatable bonds is 3. The van der Waals surface area contributed by atoms with Gasteiger partial charge in [-0.2, -0.15) is 0 Å². The number of pyridine rings is 1. The van der Waals surface area contributed by atoms with Gasteiger partial charge in [0, 0.05) is 24.7 Å². The molecule has 2 aromatic rings. The summed E-state index contributed by atoms with van der Waals surface area (Å²) in [5, 5.41) is 0. The van der Waals surface area contributed by atoms with Gasteiger partial charge in [-0.05, 0) is 30.5 Å². The zero-order valence-corrected chi connectivity index (χ0v) is 14.5. The number of carbonyl (C=O) groups is 1. The monoisotopic (exact) mass is 354 g/mol. The lowest BCUT2D eigenvalue weighted by molar-refractivity contribution is -0.0969. The Morgan fingerprint density at radius 3 is 2.58 bits per heavy atom. The predicted octanol–water partition coefficient (Wildman–Crippen LogP) is 2.27. The molecule has 1 atom stereocenters. The number of aromatic nitrogens is 1. The Labute approximate surface area is 151 Å². The normalized spacial score (nSPS) is 21.1. The van der Waals surface area contributed by atoms with Crippen molar-refractivity contribution in [3.63, 3.8) is 0 Å². The molecule has 1 aromatic carbocycles. The van der Waals surface area contributed by atoms with Crippen molar-refractivity contribution >= 4 is 5.91 Å². The zero-order valence-electron chi connectivity index (χ0n) is 14.5. The van der Waals surface area contributed by atoms with Crippen LogP contribution in [-0.4, -0.2) is 48.4 Å². The Balaban J connectivity index is 1.51. The first-order chi connectivity index (χ1) is 12.7. The van der Waals surface area contributed by atoms with E-state index in [1.54, 1.807) is 17.0 Å². The van der Waals surface area contributed by atoms with Gasteiger partial charge in [0.25, 0.3) is 11.5 Å². The number of hydrogen-bond donors (Lipinski definition) is 1. The maximum Gasteiger partial charge on any atom is 0.261 e. The molecule has 6 nitrogen and oxygen atoms in total. The van der Waals surface area contributed by atoms with E-state index < -0.39 is 0 Å². The lowest BCUT2D eigenvalue weighted by Crippen LogP contribution is -2.45. The number of likely N-dealkylation sites (tertiary alicyclic amines) is 1. The van der Waals surface area contributed by atoms with Gasteiger partial charge < -0.3 is 19.4 Å². The first kappa shape index (κ1) is 17.0. The number of nitrogens with one attached hydrogen (secondary N) is 1. The summed E-state index contributed by atoms with van der Waals surface area (Å²) in [6, 6.07) is 13.0. The van der Waals surface area contributed by atoms with Crippen LogP contribution in [0.5, 0.6) is 0 Å². The van der Waals surface area contributed by atoms with Crippen molar-refractivity contribution in [3.8, 4) is 11.3 Å². The van der Waals surface area contributed by atoms with Crippen LogP contribution in [0.1, 0.15) is 23.2 Å². The third-order valence-corrected chi connectivity index (χ3v) is 5.00. The van der Waals surface area contributed by atoms with Gasteiger partial charge in [-0.1, -0.05) is 30.3 Å². The van der Waals surface area contributed by atoms with Gasteiger partial charge in [0.1, 0.15) is 5.56 Å². The Morgan fingerprint density at radius 1 is 1.08 bits per heavy atom. The quantitative estimate of drug-likeness (QED) is 0.918. The van der Waals surface area contributed by atoms with Crippen molar-refractivity contribution in [2.75, 3.05) is 26.3 Å². The number of H-pyrrole nitrogens is 1. The van der Waals surface area contributed by atoms with Gasteiger partial charge in [0.15, 0.2) is 6.29 Å². The minimum Gasteiger partial charge on any atom is -0.350 e. The number of amides is 1. The number of piperidine rings is 1. The van der Waals surface area contributed by atoms with Crippen molar-refractivity contribution in [1.82, 2.24) is 9.88 Å². The molecule has 4 rings (SSSR count). The van der Waals surface area contributed by atoms with E-state index in [4.69, 9.17) is 9.47 Å². The van der Waals surface area contributed by atoms with Crippen LogP contribution < -0.4 is 5.56 Å². The van der Waals surface area contributed by atoms with Crippen LogP contribution in [0.2, 0.25) is 0 Å². The van der Waals surface area contributed by atoms with E-state index >= 15 is 0 Å². The second-order valence-electron chi connectivity index (χ2n) is 6.74. The summed E-state index contributed by atoms with van der Waals surface area (Å²) in [5.74, 6) is -0.0635. The molecule has 0 radical (unpaired) electrons. The van der Waals surface area contributed by atoms with Crippen LogP contribution in [-0.2, 0) is 9.47 Å². The summed E-state index contributed by atoms with van der Waals surface area (Å²) in [6.45, 7) is 2.43. The van der Waals surface area contributed by atoms with Crippen LogP contribution in [0.15, 0.2) is 47.3 Å². The highest BCUT2D eigenvalue weighted by Gasteiger charge is 2.33. The molecule has 6 heteroatoms. The smallest absolute Gasteiger partial charge is 0.261 e. The molecule has 2 aliphatic heterocycles. The number of hydrogen-bond acceptors (Lipinski definition) is 4. The molecule has 2 fully saturated rings. The highest BCUT2D eigenvalue weighted by molar-refractivity contribution is 5.94. The van der Waals surface area contributed by atoms with Crippen LogP contribution in [0.4, 0.5) is 0 Å². The molecule has 136 valence electrons. The van der Waals surface area contributed by atoms with Crippen molar-refractivity contribution in [2.24, 2.45) is 5.92 Å². The number of ether oxygens (including phenoxy) is 2. The number of nitrogens with zero attached hydrogens (tertiary/aromatic N) is 1. The van der Waals surface area contributed by atoms with E-state index in [1.165, 1.54) is 0 Å². The standard InChI is InChI=1S/C20H22N2O4/c23-18-16(8-9-17(21-18)14-5-2-1-3-6-14)19(24)22-10-4-7-15(13-22)20-25-11-12-26-20/h1-3,5-6,8-9,15,20H,4,7,10-13H2,(H,21,23). The largest absolute Gasteiger partial charge is 0.350 e. The highest BCUT2D eigenvalue weighted by Crippen LogP contribution is 2.25. The van der Waals surface area contributed by atoms with E-state index in [0.717, 1.165) is 18.4 Å². The summed E-state index contributed by atoms with van der Waals surface area (Å²) in [4.78, 5) is 29.9. The Bertz CT molecular complexity index is 827. The van der Waals surface area contributed by atoms with Crippen LogP contribution >= 0.6 is 0 Å². The third-order valence-electron chi connectivity index (χ3n) is 5.00. The Hall–Kier alpha value is -2.44. The molecule has 1 unspecified atom stereocenters. The molecule has 1 aromatic heterocycles.